The molecule has 0 aromatic carbocycles. The number of nitrogens with one attached hydrogen (secondary N) is 1. The van der Waals surface area contributed by atoms with E-state index in [0.717, 1.165) is 13.0 Å². The summed E-state index contributed by atoms with van der Waals surface area (Å²) >= 11 is 1.48. The van der Waals surface area contributed by atoms with E-state index in [4.69, 9.17) is 0 Å². The van der Waals surface area contributed by atoms with Crippen LogP contribution < -0.4 is 5.32 Å². The molecule has 0 bridgehead atoms. The van der Waals surface area contributed by atoms with Gasteiger partial charge in [0, 0.05) is 17.3 Å². The van der Waals surface area contributed by atoms with Crippen molar-refractivity contribution in [1.29, 1.82) is 0 Å². The molecule has 0 spiro atoms. The van der Waals surface area contributed by atoms with Crippen LogP contribution >= 0.6 is 11.3 Å². The van der Waals surface area contributed by atoms with Crippen molar-refractivity contribution in [2.75, 3.05) is 6.54 Å². The standard InChI is InChI=1S/C9H12N2OS/c1-6-7(2-3-10-6)9(12)8-4-13-5-11-8/h4-7,10H,2-3H2,1H3. The number of carbonyl (C=O) groups excluding carboxylic acids is 1. The first-order valence-corrected chi connectivity index (χ1v) is 5.39. The van der Waals surface area contributed by atoms with E-state index in [9.17, 15) is 4.79 Å². The van der Waals surface area contributed by atoms with Gasteiger partial charge in [-0.15, -0.1) is 11.3 Å². The number of nitrogens with zero attached hydrogens (tertiary/aromatic N) is 1. The predicted molar refractivity (Wildman–Crippen MR) is 52.0 cm³/mol. The molecule has 70 valence electrons. The van der Waals surface area contributed by atoms with Crippen molar-refractivity contribution < 1.29 is 4.79 Å². The van der Waals surface area contributed by atoms with E-state index in [1.165, 1.54) is 11.3 Å². The second kappa shape index (κ2) is 3.55. The van der Waals surface area contributed by atoms with Crippen LogP contribution in [-0.2, 0) is 0 Å². The van der Waals surface area contributed by atoms with Crippen molar-refractivity contribution >= 4 is 17.1 Å². The van der Waals surface area contributed by atoms with Gasteiger partial charge < -0.3 is 5.32 Å². The van der Waals surface area contributed by atoms with Crippen LogP contribution in [0.3, 0.4) is 0 Å². The molecule has 0 aliphatic carbocycles. The fourth-order valence-electron chi connectivity index (χ4n) is 1.74. The maximum Gasteiger partial charge on any atom is 0.186 e. The summed E-state index contributed by atoms with van der Waals surface area (Å²) in [6.45, 7) is 3.00. The van der Waals surface area contributed by atoms with Gasteiger partial charge in [-0.1, -0.05) is 0 Å². The Labute approximate surface area is 81.2 Å². The summed E-state index contributed by atoms with van der Waals surface area (Å²) in [5.41, 5.74) is 2.34. The molecule has 2 heterocycles. The Bertz CT molecular complexity index is 297. The zero-order valence-electron chi connectivity index (χ0n) is 7.49. The lowest BCUT2D eigenvalue weighted by molar-refractivity contribution is 0.0909. The van der Waals surface area contributed by atoms with Crippen molar-refractivity contribution in [2.45, 2.75) is 19.4 Å². The Hall–Kier alpha value is -0.740. The number of ketones is 1. The lowest BCUT2D eigenvalue weighted by Crippen LogP contribution is -2.28. The molecule has 3 nitrogen and oxygen atoms in total. The minimum Gasteiger partial charge on any atom is -0.313 e. The highest BCUT2D eigenvalue weighted by Gasteiger charge is 2.30. The maximum absolute atomic E-state index is 11.8. The van der Waals surface area contributed by atoms with Crippen molar-refractivity contribution in [3.63, 3.8) is 0 Å². The van der Waals surface area contributed by atoms with Gasteiger partial charge in [-0.2, -0.15) is 0 Å². The highest BCUT2D eigenvalue weighted by atomic mass is 32.1. The van der Waals surface area contributed by atoms with Crippen LogP contribution in [0.15, 0.2) is 10.9 Å². The average molecular weight is 196 g/mol. The van der Waals surface area contributed by atoms with Gasteiger partial charge >= 0.3 is 0 Å². The summed E-state index contributed by atoms with van der Waals surface area (Å²) in [5, 5.41) is 5.09. The fourth-order valence-corrected chi connectivity index (χ4v) is 2.28. The number of aromatic nitrogens is 1. The van der Waals surface area contributed by atoms with Crippen molar-refractivity contribution in [3.8, 4) is 0 Å². The third kappa shape index (κ3) is 1.64. The highest BCUT2D eigenvalue weighted by Crippen LogP contribution is 2.20. The molecule has 1 aromatic heterocycles. The van der Waals surface area contributed by atoms with Crippen LogP contribution in [0.4, 0.5) is 0 Å². The zero-order chi connectivity index (χ0) is 9.26. The highest BCUT2D eigenvalue weighted by molar-refractivity contribution is 7.07. The molecule has 1 N–H and O–H groups in total. The summed E-state index contributed by atoms with van der Waals surface area (Å²) in [4.78, 5) is 15.9. The molecule has 0 radical (unpaired) electrons. The zero-order valence-corrected chi connectivity index (χ0v) is 8.30. The molecule has 1 aliphatic heterocycles. The third-order valence-electron chi connectivity index (χ3n) is 2.55. The first kappa shape index (κ1) is 8.84. The van der Waals surface area contributed by atoms with Crippen molar-refractivity contribution in [2.24, 2.45) is 5.92 Å². The molecule has 1 fully saturated rings. The van der Waals surface area contributed by atoms with Crippen LogP contribution in [0.1, 0.15) is 23.8 Å². The lowest BCUT2D eigenvalue weighted by atomic mass is 9.95. The monoisotopic (exact) mass is 196 g/mol. The Balaban J connectivity index is 2.13. The second-order valence-electron chi connectivity index (χ2n) is 3.38. The molecule has 4 heteroatoms. The Kier molecular flexibility index (Phi) is 2.42. The fraction of sp³-hybridized carbons (Fsp3) is 0.556. The summed E-state index contributed by atoms with van der Waals surface area (Å²) in [6.07, 6.45) is 0.942. The van der Waals surface area contributed by atoms with Crippen molar-refractivity contribution in [1.82, 2.24) is 10.3 Å². The predicted octanol–water partition coefficient (Wildman–Crippen LogP) is 1.32. The number of rotatable bonds is 2. The molecule has 1 aromatic rings. The molecule has 1 saturated heterocycles. The molecular formula is C9H12N2OS. The quantitative estimate of drug-likeness (QED) is 0.725. The molecule has 13 heavy (non-hydrogen) atoms. The molecule has 2 atom stereocenters. The Morgan fingerprint density at radius 1 is 1.77 bits per heavy atom. The third-order valence-corrected chi connectivity index (χ3v) is 3.13. The summed E-state index contributed by atoms with van der Waals surface area (Å²) in [6, 6.07) is 0.300. The van der Waals surface area contributed by atoms with E-state index in [1.807, 2.05) is 5.38 Å². The van der Waals surface area contributed by atoms with E-state index in [-0.39, 0.29) is 11.7 Å². The Morgan fingerprint density at radius 3 is 3.15 bits per heavy atom. The van der Waals surface area contributed by atoms with E-state index in [2.05, 4.69) is 17.2 Å². The first-order chi connectivity index (χ1) is 6.29. The lowest BCUT2D eigenvalue weighted by Gasteiger charge is -2.11. The number of carbonyl (C=O) groups is 1. The van der Waals surface area contributed by atoms with Gasteiger partial charge in [0.25, 0.3) is 0 Å². The number of Topliss-reactive ketones (excluding diaryl/α,β-unsaturated/α-hetero) is 1. The SMILES string of the molecule is CC1NCCC1C(=O)c1cscn1. The van der Waals surface area contributed by atoms with Crippen molar-refractivity contribution in [3.05, 3.63) is 16.6 Å². The van der Waals surface area contributed by atoms with Gasteiger partial charge in [0.1, 0.15) is 5.69 Å². The van der Waals surface area contributed by atoms with Gasteiger partial charge in [-0.05, 0) is 19.9 Å². The van der Waals surface area contributed by atoms with E-state index < -0.39 is 0 Å². The van der Waals surface area contributed by atoms with Gasteiger partial charge in [0.15, 0.2) is 5.78 Å². The van der Waals surface area contributed by atoms with Gasteiger partial charge in [-0.3, -0.25) is 4.79 Å². The average Bonchev–Trinajstić information content (AvgIpc) is 2.72. The number of hydrogen-bond acceptors (Lipinski definition) is 4. The van der Waals surface area contributed by atoms with Crippen LogP contribution in [-0.4, -0.2) is 23.4 Å². The first-order valence-electron chi connectivity index (χ1n) is 4.45. The normalized spacial score (nSPS) is 27.8. The van der Waals surface area contributed by atoms with Crippen LogP contribution in [0, 0.1) is 5.92 Å². The molecule has 0 amide bonds. The second-order valence-corrected chi connectivity index (χ2v) is 4.09. The minimum atomic E-state index is 0.127. The van der Waals surface area contributed by atoms with E-state index in [1.54, 1.807) is 5.51 Å². The van der Waals surface area contributed by atoms with Crippen LogP contribution in [0.25, 0.3) is 0 Å². The Morgan fingerprint density at radius 2 is 2.62 bits per heavy atom. The summed E-state index contributed by atoms with van der Waals surface area (Å²) in [5.74, 6) is 0.320. The van der Waals surface area contributed by atoms with E-state index in [0.29, 0.717) is 11.7 Å². The summed E-state index contributed by atoms with van der Waals surface area (Å²) < 4.78 is 0. The molecule has 2 unspecified atom stereocenters. The van der Waals surface area contributed by atoms with Crippen LogP contribution in [0.2, 0.25) is 0 Å². The molecule has 0 saturated carbocycles. The molecule has 2 rings (SSSR count). The topological polar surface area (TPSA) is 42.0 Å². The van der Waals surface area contributed by atoms with Crippen LogP contribution in [0.5, 0.6) is 0 Å². The summed E-state index contributed by atoms with van der Waals surface area (Å²) in [7, 11) is 0. The maximum atomic E-state index is 11.8. The smallest absolute Gasteiger partial charge is 0.186 e. The van der Waals surface area contributed by atoms with Gasteiger partial charge in [0.05, 0.1) is 5.51 Å². The number of hydrogen-bond donors (Lipinski definition) is 1. The minimum absolute atomic E-state index is 0.127. The van der Waals surface area contributed by atoms with Gasteiger partial charge in [-0.25, -0.2) is 4.98 Å². The molecular weight excluding hydrogens is 184 g/mol. The van der Waals surface area contributed by atoms with Gasteiger partial charge in [0.2, 0.25) is 0 Å². The number of thiazole rings is 1. The molecule has 1 aliphatic rings. The largest absolute Gasteiger partial charge is 0.313 e. The van der Waals surface area contributed by atoms with E-state index >= 15 is 0 Å².